The van der Waals surface area contributed by atoms with Gasteiger partial charge in [0.05, 0.1) is 13.2 Å². The standard InChI is InChI=1S/C45H87NO2/c1-12-15-40-18-14-19-41-17-13-16-36(7)42(34(4)5)24-21-37(8)44(41)25-22-38(9)43(40)23-20-35(6)27-29-45(28-26-33(2)3)47-31-39(32-48-45)30-46(10)11/h33-44H,12-32H2,1-11H3/t35?,36?,37?,38?,39?,40-,41?,42?,43?,44?,45?/m1/s1. The number of hydrogen-bond donors (Lipinski definition) is 0. The third-order valence-electron chi connectivity index (χ3n) is 14.1. The zero-order valence-electron chi connectivity index (χ0n) is 34.5. The molecule has 9 atom stereocenters. The van der Waals surface area contributed by atoms with Crippen LogP contribution in [0.2, 0.25) is 0 Å². The molecule has 0 radical (unpaired) electrons. The van der Waals surface area contributed by atoms with Crippen LogP contribution in [0.1, 0.15) is 178 Å². The summed E-state index contributed by atoms with van der Waals surface area (Å²) in [6.07, 6.45) is 24.9. The molecule has 2 saturated carbocycles. The molecule has 1 aliphatic heterocycles. The van der Waals surface area contributed by atoms with Crippen LogP contribution in [-0.4, -0.2) is 44.5 Å². The minimum absolute atomic E-state index is 0.355. The summed E-state index contributed by atoms with van der Waals surface area (Å²) in [6, 6.07) is 0. The molecule has 1 heterocycles. The van der Waals surface area contributed by atoms with Crippen molar-refractivity contribution in [3.8, 4) is 0 Å². The molecular weight excluding hydrogens is 587 g/mol. The van der Waals surface area contributed by atoms with Gasteiger partial charge >= 0.3 is 0 Å². The van der Waals surface area contributed by atoms with Crippen molar-refractivity contribution in [2.24, 2.45) is 71.0 Å². The number of nitrogens with zero attached hydrogens (tertiary/aromatic N) is 1. The van der Waals surface area contributed by atoms with E-state index in [2.05, 4.69) is 81.3 Å². The Balaban J connectivity index is 1.62. The van der Waals surface area contributed by atoms with Crippen LogP contribution >= 0.6 is 0 Å². The van der Waals surface area contributed by atoms with Crippen LogP contribution in [0.3, 0.4) is 0 Å². The number of fused-ring (bicyclic) bond motifs is 1. The normalized spacial score (nSPS) is 37.0. The van der Waals surface area contributed by atoms with Gasteiger partial charge in [0, 0.05) is 25.3 Å². The van der Waals surface area contributed by atoms with Crippen LogP contribution in [0.4, 0.5) is 0 Å². The van der Waals surface area contributed by atoms with E-state index in [1.54, 1.807) is 0 Å². The molecule has 0 aromatic carbocycles. The van der Waals surface area contributed by atoms with Gasteiger partial charge in [-0.25, -0.2) is 0 Å². The maximum atomic E-state index is 6.65. The summed E-state index contributed by atoms with van der Waals surface area (Å²) in [5, 5.41) is 0. The number of ether oxygens (including phenoxy) is 2. The molecule has 2 aliphatic carbocycles. The second-order valence-electron chi connectivity index (χ2n) is 19.3. The van der Waals surface area contributed by atoms with E-state index in [1.807, 2.05) is 0 Å². The fraction of sp³-hybridized carbons (Fsp3) is 1.00. The van der Waals surface area contributed by atoms with E-state index in [9.17, 15) is 0 Å². The zero-order valence-corrected chi connectivity index (χ0v) is 34.5. The second kappa shape index (κ2) is 21.4. The third kappa shape index (κ3) is 13.8. The Kier molecular flexibility index (Phi) is 18.9. The molecule has 1 saturated heterocycles. The van der Waals surface area contributed by atoms with Gasteiger partial charge in [-0.15, -0.1) is 0 Å². The first-order valence-corrected chi connectivity index (χ1v) is 21.8. The average molecular weight is 674 g/mol. The van der Waals surface area contributed by atoms with E-state index in [4.69, 9.17) is 9.47 Å². The summed E-state index contributed by atoms with van der Waals surface area (Å²) in [7, 11) is 4.32. The summed E-state index contributed by atoms with van der Waals surface area (Å²) in [4.78, 5) is 2.27. The SMILES string of the molecule is CCC[C@@H]1CCCC2CCCC(C)C(C(C)C)CCC(C)C2CCC(C)C1CCC(C)CCC1(CCC(C)C)OCC(CN(C)C)CO1. The van der Waals surface area contributed by atoms with Gasteiger partial charge in [0.15, 0.2) is 5.79 Å². The topological polar surface area (TPSA) is 21.7 Å². The summed E-state index contributed by atoms with van der Waals surface area (Å²) in [5.41, 5.74) is 0. The molecule has 0 aromatic rings. The van der Waals surface area contributed by atoms with E-state index in [0.717, 1.165) is 91.8 Å². The molecule has 3 heteroatoms. The number of rotatable bonds is 14. The van der Waals surface area contributed by atoms with Crippen LogP contribution in [0.15, 0.2) is 0 Å². The molecule has 3 aliphatic rings. The quantitative estimate of drug-likeness (QED) is 0.183. The first kappa shape index (κ1) is 42.3. The fourth-order valence-electron chi connectivity index (χ4n) is 10.9. The van der Waals surface area contributed by atoms with Crippen LogP contribution < -0.4 is 0 Å². The molecular formula is C45H87NO2. The highest BCUT2D eigenvalue weighted by molar-refractivity contribution is 4.85. The summed E-state index contributed by atoms with van der Waals surface area (Å²) >= 11 is 0. The predicted octanol–water partition coefficient (Wildman–Crippen LogP) is 12.9. The van der Waals surface area contributed by atoms with Crippen molar-refractivity contribution in [1.29, 1.82) is 0 Å². The van der Waals surface area contributed by atoms with Crippen LogP contribution in [0.25, 0.3) is 0 Å². The van der Waals surface area contributed by atoms with Crippen molar-refractivity contribution >= 4 is 0 Å². The lowest BCUT2D eigenvalue weighted by Crippen LogP contribution is -2.46. The largest absolute Gasteiger partial charge is 0.350 e. The Labute approximate surface area is 302 Å². The predicted molar refractivity (Wildman–Crippen MR) is 209 cm³/mol. The van der Waals surface area contributed by atoms with Crippen molar-refractivity contribution in [3.63, 3.8) is 0 Å². The number of hydrogen-bond acceptors (Lipinski definition) is 3. The summed E-state index contributed by atoms with van der Waals surface area (Å²) in [6.45, 7) is 25.3. The van der Waals surface area contributed by atoms with Gasteiger partial charge in [-0.3, -0.25) is 0 Å². The molecule has 8 unspecified atom stereocenters. The Morgan fingerprint density at radius 1 is 0.688 bits per heavy atom. The van der Waals surface area contributed by atoms with Crippen molar-refractivity contribution < 1.29 is 9.47 Å². The second-order valence-corrected chi connectivity index (χ2v) is 19.3. The molecule has 0 amide bonds. The average Bonchev–Trinajstić information content (AvgIpc) is 3.02. The van der Waals surface area contributed by atoms with Gasteiger partial charge < -0.3 is 14.4 Å². The van der Waals surface area contributed by atoms with E-state index in [-0.39, 0.29) is 5.79 Å². The summed E-state index contributed by atoms with van der Waals surface area (Å²) in [5.74, 6) is 9.70. The highest BCUT2D eigenvalue weighted by Gasteiger charge is 2.38. The van der Waals surface area contributed by atoms with E-state index < -0.39 is 0 Å². The smallest absolute Gasteiger partial charge is 0.168 e. The highest BCUT2D eigenvalue weighted by atomic mass is 16.7. The minimum atomic E-state index is -0.355. The van der Waals surface area contributed by atoms with Crippen molar-refractivity contribution in [3.05, 3.63) is 0 Å². The van der Waals surface area contributed by atoms with Crippen LogP contribution in [0, 0.1) is 71.0 Å². The van der Waals surface area contributed by atoms with Crippen molar-refractivity contribution in [1.82, 2.24) is 4.90 Å². The maximum Gasteiger partial charge on any atom is 0.168 e. The monoisotopic (exact) mass is 674 g/mol. The maximum absolute atomic E-state index is 6.65. The molecule has 3 fully saturated rings. The molecule has 0 bridgehead atoms. The lowest BCUT2D eigenvalue weighted by molar-refractivity contribution is -0.292. The van der Waals surface area contributed by atoms with Crippen molar-refractivity contribution in [2.75, 3.05) is 33.9 Å². The highest BCUT2D eigenvalue weighted by Crippen LogP contribution is 2.45. The van der Waals surface area contributed by atoms with Gasteiger partial charge in [0.2, 0.25) is 0 Å². The Morgan fingerprint density at radius 3 is 1.96 bits per heavy atom. The molecule has 48 heavy (non-hydrogen) atoms. The van der Waals surface area contributed by atoms with Gasteiger partial charge in [-0.1, -0.05) is 133 Å². The minimum Gasteiger partial charge on any atom is -0.350 e. The Hall–Kier alpha value is -0.120. The van der Waals surface area contributed by atoms with Gasteiger partial charge in [-0.05, 0) is 111 Å². The van der Waals surface area contributed by atoms with E-state index in [0.29, 0.717) is 11.8 Å². The molecule has 0 N–H and O–H groups in total. The Bertz CT molecular complexity index is 831. The molecule has 0 spiro atoms. The first-order chi connectivity index (χ1) is 22.8. The van der Waals surface area contributed by atoms with Gasteiger partial charge in [-0.2, -0.15) is 0 Å². The lowest BCUT2D eigenvalue weighted by atomic mass is 9.65. The first-order valence-electron chi connectivity index (χ1n) is 21.8. The summed E-state index contributed by atoms with van der Waals surface area (Å²) < 4.78 is 13.3. The molecule has 3 rings (SSSR count). The zero-order chi connectivity index (χ0) is 35.3. The Morgan fingerprint density at radius 2 is 1.33 bits per heavy atom. The van der Waals surface area contributed by atoms with Crippen LogP contribution in [0.5, 0.6) is 0 Å². The van der Waals surface area contributed by atoms with Gasteiger partial charge in [0.1, 0.15) is 0 Å². The van der Waals surface area contributed by atoms with Crippen molar-refractivity contribution in [2.45, 2.75) is 184 Å². The van der Waals surface area contributed by atoms with Crippen LogP contribution in [-0.2, 0) is 9.47 Å². The molecule has 284 valence electrons. The van der Waals surface area contributed by atoms with E-state index >= 15 is 0 Å². The lowest BCUT2D eigenvalue weighted by Gasteiger charge is -2.42. The third-order valence-corrected chi connectivity index (χ3v) is 14.1. The van der Waals surface area contributed by atoms with E-state index in [1.165, 1.54) is 103 Å². The van der Waals surface area contributed by atoms with Gasteiger partial charge in [0.25, 0.3) is 0 Å². The fourth-order valence-corrected chi connectivity index (χ4v) is 10.9. The molecule has 3 nitrogen and oxygen atoms in total. The molecule has 0 aromatic heterocycles.